The first-order valence-electron chi connectivity index (χ1n) is 12.3. The minimum atomic E-state index is -0.597. The molecule has 1 aromatic heterocycles. The van der Waals surface area contributed by atoms with Gasteiger partial charge in [0.2, 0.25) is 11.8 Å². The average Bonchev–Trinajstić information content (AvgIpc) is 2.90. The van der Waals surface area contributed by atoms with Gasteiger partial charge in [0.25, 0.3) is 5.56 Å². The maximum absolute atomic E-state index is 13.3. The molecular formula is C29H29ClN4O4. The van der Waals surface area contributed by atoms with Crippen LogP contribution in [0.5, 0.6) is 0 Å². The molecule has 0 aliphatic heterocycles. The molecule has 0 bridgehead atoms. The molecule has 3 aromatic carbocycles. The summed E-state index contributed by atoms with van der Waals surface area (Å²) in [6.07, 6.45) is 0.396. The smallest absolute Gasteiger partial charge is 0.331 e. The SMILES string of the molecule is Cc1ccc(NC(=O)Cn2c(=O)n(CCCC(=O)NCc3ccccc3Cl)c(=O)c3ccccc32)cc1C. The third-order valence-corrected chi connectivity index (χ3v) is 6.81. The zero-order valence-corrected chi connectivity index (χ0v) is 22.0. The number of para-hydroxylation sites is 1. The Labute approximate surface area is 224 Å². The molecule has 9 heteroatoms. The van der Waals surface area contributed by atoms with Crippen LogP contribution in [0.1, 0.15) is 29.5 Å². The van der Waals surface area contributed by atoms with Crippen molar-refractivity contribution in [2.24, 2.45) is 0 Å². The van der Waals surface area contributed by atoms with E-state index in [2.05, 4.69) is 10.6 Å². The Kier molecular flexibility index (Phi) is 8.43. The topological polar surface area (TPSA) is 102 Å². The highest BCUT2D eigenvalue weighted by Crippen LogP contribution is 2.15. The van der Waals surface area contributed by atoms with Crippen LogP contribution in [0.4, 0.5) is 5.69 Å². The van der Waals surface area contributed by atoms with Crippen LogP contribution in [0.15, 0.2) is 76.3 Å². The number of fused-ring (bicyclic) bond motifs is 1. The number of hydrogen-bond acceptors (Lipinski definition) is 4. The molecule has 0 unspecified atom stereocenters. The number of aromatic nitrogens is 2. The maximum atomic E-state index is 13.3. The van der Waals surface area contributed by atoms with Crippen molar-refractivity contribution in [2.75, 3.05) is 5.32 Å². The molecule has 2 N–H and O–H groups in total. The van der Waals surface area contributed by atoms with Gasteiger partial charge in [-0.05, 0) is 67.3 Å². The standard InChI is InChI=1S/C29H29ClN4O4/c1-19-13-14-22(16-20(19)2)32-27(36)18-34-25-11-6-4-9-23(25)28(37)33(29(34)38)15-7-12-26(35)31-17-21-8-3-5-10-24(21)30/h3-6,8-11,13-14,16H,7,12,15,17-18H2,1-2H3,(H,31,35)(H,32,36). The first-order valence-corrected chi connectivity index (χ1v) is 12.7. The van der Waals surface area contributed by atoms with Crippen molar-refractivity contribution < 1.29 is 9.59 Å². The first kappa shape index (κ1) is 26.9. The number of nitrogens with one attached hydrogen (secondary N) is 2. The molecule has 0 aliphatic carbocycles. The summed E-state index contributed by atoms with van der Waals surface area (Å²) in [7, 11) is 0. The normalized spacial score (nSPS) is 10.9. The van der Waals surface area contributed by atoms with Gasteiger partial charge in [-0.1, -0.05) is 48.0 Å². The van der Waals surface area contributed by atoms with E-state index < -0.39 is 11.2 Å². The van der Waals surface area contributed by atoms with Crippen molar-refractivity contribution in [3.63, 3.8) is 0 Å². The average molecular weight is 533 g/mol. The molecule has 196 valence electrons. The van der Waals surface area contributed by atoms with Crippen LogP contribution in [0.25, 0.3) is 10.9 Å². The van der Waals surface area contributed by atoms with Gasteiger partial charge in [0.1, 0.15) is 6.54 Å². The van der Waals surface area contributed by atoms with E-state index in [9.17, 15) is 19.2 Å². The molecule has 1 heterocycles. The van der Waals surface area contributed by atoms with E-state index in [-0.39, 0.29) is 44.3 Å². The van der Waals surface area contributed by atoms with E-state index in [0.717, 1.165) is 21.3 Å². The van der Waals surface area contributed by atoms with Crippen molar-refractivity contribution in [1.82, 2.24) is 14.5 Å². The Morgan fingerprint density at radius 1 is 0.868 bits per heavy atom. The summed E-state index contributed by atoms with van der Waals surface area (Å²) >= 11 is 6.13. The van der Waals surface area contributed by atoms with Crippen molar-refractivity contribution in [2.45, 2.75) is 46.3 Å². The number of carbonyl (C=O) groups is 2. The Balaban J connectivity index is 1.49. The van der Waals surface area contributed by atoms with Gasteiger partial charge in [0.15, 0.2) is 0 Å². The fraction of sp³-hybridized carbons (Fsp3) is 0.241. The lowest BCUT2D eigenvalue weighted by molar-refractivity contribution is -0.121. The lowest BCUT2D eigenvalue weighted by Gasteiger charge is -2.14. The lowest BCUT2D eigenvalue weighted by Crippen LogP contribution is -2.42. The summed E-state index contributed by atoms with van der Waals surface area (Å²) in [6.45, 7) is 4.01. The Morgan fingerprint density at radius 2 is 1.61 bits per heavy atom. The predicted octanol–water partition coefficient (Wildman–Crippen LogP) is 4.17. The first-order chi connectivity index (χ1) is 18.2. The third-order valence-electron chi connectivity index (χ3n) is 6.44. The van der Waals surface area contributed by atoms with E-state index in [1.54, 1.807) is 36.4 Å². The second-order valence-electron chi connectivity index (χ2n) is 9.16. The number of anilines is 1. The van der Waals surface area contributed by atoms with Gasteiger partial charge in [-0.15, -0.1) is 0 Å². The monoisotopic (exact) mass is 532 g/mol. The number of nitrogens with zero attached hydrogens (tertiary/aromatic N) is 2. The fourth-order valence-corrected chi connectivity index (χ4v) is 4.41. The van der Waals surface area contributed by atoms with E-state index in [1.165, 1.54) is 4.57 Å². The highest BCUT2D eigenvalue weighted by molar-refractivity contribution is 6.31. The molecule has 4 rings (SSSR count). The van der Waals surface area contributed by atoms with Gasteiger partial charge in [0.05, 0.1) is 10.9 Å². The van der Waals surface area contributed by atoms with Crippen molar-refractivity contribution in [1.29, 1.82) is 0 Å². The van der Waals surface area contributed by atoms with Crippen molar-refractivity contribution in [3.8, 4) is 0 Å². The third kappa shape index (κ3) is 6.20. The Bertz CT molecular complexity index is 1620. The number of aryl methyl sites for hydroxylation is 2. The van der Waals surface area contributed by atoms with Crippen LogP contribution in [-0.2, 0) is 29.2 Å². The molecule has 0 aliphatic rings. The summed E-state index contributed by atoms with van der Waals surface area (Å²) in [6, 6.07) is 19.5. The summed E-state index contributed by atoms with van der Waals surface area (Å²) in [5, 5.41) is 6.53. The molecule has 8 nitrogen and oxygen atoms in total. The van der Waals surface area contributed by atoms with Gasteiger partial charge in [-0.2, -0.15) is 0 Å². The minimum Gasteiger partial charge on any atom is -0.352 e. The molecule has 0 spiro atoms. The molecule has 0 saturated heterocycles. The molecule has 0 radical (unpaired) electrons. The van der Waals surface area contributed by atoms with Crippen LogP contribution < -0.4 is 21.9 Å². The highest BCUT2D eigenvalue weighted by atomic mass is 35.5. The van der Waals surface area contributed by atoms with Crippen LogP contribution in [-0.4, -0.2) is 20.9 Å². The van der Waals surface area contributed by atoms with E-state index in [0.29, 0.717) is 21.6 Å². The van der Waals surface area contributed by atoms with Crippen molar-refractivity contribution in [3.05, 3.63) is 109 Å². The second-order valence-corrected chi connectivity index (χ2v) is 9.57. The van der Waals surface area contributed by atoms with Crippen molar-refractivity contribution >= 4 is 40.0 Å². The Morgan fingerprint density at radius 3 is 2.37 bits per heavy atom. The summed E-state index contributed by atoms with van der Waals surface area (Å²) < 4.78 is 2.39. The number of benzene rings is 3. The van der Waals surface area contributed by atoms with Gasteiger partial charge >= 0.3 is 5.69 Å². The largest absolute Gasteiger partial charge is 0.352 e. The summed E-state index contributed by atoms with van der Waals surface area (Å²) in [4.78, 5) is 51.7. The van der Waals surface area contributed by atoms with Crippen LogP contribution >= 0.6 is 11.6 Å². The molecular weight excluding hydrogens is 504 g/mol. The lowest BCUT2D eigenvalue weighted by atomic mass is 10.1. The number of carbonyl (C=O) groups excluding carboxylic acids is 2. The number of hydrogen-bond donors (Lipinski definition) is 2. The zero-order valence-electron chi connectivity index (χ0n) is 21.3. The van der Waals surface area contributed by atoms with Crippen LogP contribution in [0.2, 0.25) is 5.02 Å². The van der Waals surface area contributed by atoms with Crippen LogP contribution in [0.3, 0.4) is 0 Å². The maximum Gasteiger partial charge on any atom is 0.331 e. The number of amides is 2. The molecule has 0 fully saturated rings. The fourth-order valence-electron chi connectivity index (χ4n) is 4.21. The van der Waals surface area contributed by atoms with Gasteiger partial charge < -0.3 is 10.6 Å². The zero-order chi connectivity index (χ0) is 27.2. The summed E-state index contributed by atoms with van der Waals surface area (Å²) in [5.74, 6) is -0.600. The quantitative estimate of drug-likeness (QED) is 0.338. The van der Waals surface area contributed by atoms with Gasteiger partial charge in [-0.25, -0.2) is 4.79 Å². The van der Waals surface area contributed by atoms with E-state index >= 15 is 0 Å². The second kappa shape index (κ2) is 11.9. The van der Waals surface area contributed by atoms with E-state index in [1.807, 2.05) is 44.2 Å². The predicted molar refractivity (Wildman–Crippen MR) is 150 cm³/mol. The number of halogens is 1. The van der Waals surface area contributed by atoms with Crippen LogP contribution in [0, 0.1) is 13.8 Å². The Hall–Kier alpha value is -4.17. The van der Waals surface area contributed by atoms with Gasteiger partial charge in [0, 0.05) is 30.2 Å². The molecule has 38 heavy (non-hydrogen) atoms. The molecule has 2 amide bonds. The molecule has 0 saturated carbocycles. The molecule has 0 atom stereocenters. The minimum absolute atomic E-state index is 0.0425. The number of rotatable bonds is 9. The molecule has 4 aromatic rings. The van der Waals surface area contributed by atoms with E-state index in [4.69, 9.17) is 11.6 Å². The highest BCUT2D eigenvalue weighted by Gasteiger charge is 2.16. The van der Waals surface area contributed by atoms with Gasteiger partial charge in [-0.3, -0.25) is 23.5 Å². The summed E-state index contributed by atoms with van der Waals surface area (Å²) in [5.41, 5.74) is 2.91.